The molecule has 0 unspecified atom stereocenters. The Bertz CT molecular complexity index is 509. The van der Waals surface area contributed by atoms with E-state index in [1.165, 1.54) is 64.2 Å². The zero-order valence-electron chi connectivity index (χ0n) is 14.4. The van der Waals surface area contributed by atoms with Crippen molar-refractivity contribution in [3.8, 4) is 9.75 Å². The van der Waals surface area contributed by atoms with Crippen molar-refractivity contribution in [1.82, 2.24) is 0 Å². The summed E-state index contributed by atoms with van der Waals surface area (Å²) in [7, 11) is 0. The normalized spacial score (nSPS) is 11.2. The summed E-state index contributed by atoms with van der Waals surface area (Å²) in [5.41, 5.74) is 3.14. The smallest absolute Gasteiger partial charge is 0.0477 e. The van der Waals surface area contributed by atoms with E-state index in [9.17, 15) is 0 Å². The Labute approximate surface area is 172 Å². The lowest BCUT2D eigenvalue weighted by molar-refractivity contribution is 0.671. The number of unbranched alkanes of at least 4 members (excludes halogenated alkanes) is 6. The SMILES string of the molecule is BrCCCCCCc1ccsc1-c1sccc1CCCCCCBr. The molecule has 0 N–H and O–H groups in total. The number of rotatable bonds is 13. The van der Waals surface area contributed by atoms with Crippen LogP contribution in [0.3, 0.4) is 0 Å². The van der Waals surface area contributed by atoms with Crippen molar-refractivity contribution in [3.63, 3.8) is 0 Å². The molecule has 0 aromatic carbocycles. The lowest BCUT2D eigenvalue weighted by Crippen LogP contribution is -1.89. The fourth-order valence-corrected chi connectivity index (χ4v) is 5.93. The standard InChI is InChI=1S/C20H28Br2S2/c21-13-7-3-1-5-9-17-11-15-23-19(17)20-18(12-16-24-20)10-6-2-4-8-14-22/h11-12,15-16H,1-10,13-14H2. The van der Waals surface area contributed by atoms with Gasteiger partial charge in [-0.2, -0.15) is 0 Å². The second kappa shape index (κ2) is 12.7. The molecular weight excluding hydrogens is 464 g/mol. The van der Waals surface area contributed by atoms with Gasteiger partial charge in [0.2, 0.25) is 0 Å². The molecule has 0 spiro atoms. The Morgan fingerprint density at radius 3 is 1.42 bits per heavy atom. The van der Waals surface area contributed by atoms with Crippen molar-refractivity contribution in [2.24, 2.45) is 0 Å². The van der Waals surface area contributed by atoms with Crippen molar-refractivity contribution in [3.05, 3.63) is 34.0 Å². The van der Waals surface area contributed by atoms with Gasteiger partial charge in [0.1, 0.15) is 0 Å². The van der Waals surface area contributed by atoms with Crippen LogP contribution in [0.1, 0.15) is 62.5 Å². The summed E-state index contributed by atoms with van der Waals surface area (Å²) in [4.78, 5) is 3.09. The monoisotopic (exact) mass is 490 g/mol. The molecule has 0 fully saturated rings. The van der Waals surface area contributed by atoms with Gasteiger partial charge in [0, 0.05) is 20.4 Å². The maximum Gasteiger partial charge on any atom is 0.0477 e. The molecule has 0 aliphatic heterocycles. The van der Waals surface area contributed by atoms with Gasteiger partial charge < -0.3 is 0 Å². The third kappa shape index (κ3) is 6.93. The van der Waals surface area contributed by atoms with Gasteiger partial charge in [-0.15, -0.1) is 22.7 Å². The molecule has 0 radical (unpaired) electrons. The van der Waals surface area contributed by atoms with E-state index in [4.69, 9.17) is 0 Å². The molecule has 0 atom stereocenters. The minimum atomic E-state index is 1.14. The van der Waals surface area contributed by atoms with Crippen molar-refractivity contribution in [2.75, 3.05) is 10.7 Å². The van der Waals surface area contributed by atoms with Crippen LogP contribution in [0.25, 0.3) is 9.75 Å². The number of thiophene rings is 2. The van der Waals surface area contributed by atoms with Gasteiger partial charge >= 0.3 is 0 Å². The van der Waals surface area contributed by atoms with E-state index in [0.29, 0.717) is 0 Å². The summed E-state index contributed by atoms with van der Waals surface area (Å²) < 4.78 is 0. The predicted octanol–water partition coefficient (Wildman–Crippen LogP) is 8.47. The average Bonchev–Trinajstić information content (AvgIpc) is 3.23. The maximum absolute atomic E-state index is 3.52. The van der Waals surface area contributed by atoms with E-state index in [2.05, 4.69) is 54.8 Å². The molecule has 0 amide bonds. The molecule has 0 bridgehead atoms. The van der Waals surface area contributed by atoms with Crippen LogP contribution >= 0.6 is 54.5 Å². The molecule has 0 nitrogen and oxygen atoms in total. The molecule has 134 valence electrons. The van der Waals surface area contributed by atoms with Crippen LogP contribution in [0.15, 0.2) is 22.9 Å². The van der Waals surface area contributed by atoms with Gasteiger partial charge in [-0.1, -0.05) is 57.5 Å². The van der Waals surface area contributed by atoms with Gasteiger partial charge in [-0.05, 0) is 72.5 Å². The fraction of sp³-hybridized carbons (Fsp3) is 0.600. The third-order valence-corrected chi connectivity index (χ3v) is 7.56. The van der Waals surface area contributed by atoms with Crippen LogP contribution in [0.2, 0.25) is 0 Å². The van der Waals surface area contributed by atoms with Gasteiger partial charge in [-0.3, -0.25) is 0 Å². The summed E-state index contributed by atoms with van der Waals surface area (Å²) in [6.07, 6.45) is 13.1. The van der Waals surface area contributed by atoms with Crippen LogP contribution in [0, 0.1) is 0 Å². The number of alkyl halides is 2. The highest BCUT2D eigenvalue weighted by atomic mass is 79.9. The molecule has 2 aromatic heterocycles. The predicted molar refractivity (Wildman–Crippen MR) is 120 cm³/mol. The quantitative estimate of drug-likeness (QED) is 0.194. The first-order chi connectivity index (χ1) is 11.9. The van der Waals surface area contributed by atoms with Crippen LogP contribution in [0.4, 0.5) is 0 Å². The molecule has 0 aliphatic carbocycles. The van der Waals surface area contributed by atoms with E-state index in [1.54, 1.807) is 20.9 Å². The third-order valence-electron chi connectivity index (χ3n) is 4.36. The Kier molecular flexibility index (Phi) is 10.9. The molecule has 0 saturated heterocycles. The molecule has 2 heterocycles. The van der Waals surface area contributed by atoms with Gasteiger partial charge in [0.05, 0.1) is 0 Å². The first kappa shape index (κ1) is 20.7. The fourth-order valence-electron chi connectivity index (χ4n) is 2.99. The number of hydrogen-bond donors (Lipinski definition) is 0. The molecule has 0 aliphatic rings. The second-order valence-corrected chi connectivity index (χ2v) is 9.67. The summed E-state index contributed by atoms with van der Waals surface area (Å²) in [5, 5.41) is 6.85. The zero-order chi connectivity index (χ0) is 17.0. The van der Waals surface area contributed by atoms with Crippen LogP contribution < -0.4 is 0 Å². The lowest BCUT2D eigenvalue weighted by Gasteiger charge is -2.06. The first-order valence-electron chi connectivity index (χ1n) is 9.12. The highest BCUT2D eigenvalue weighted by Gasteiger charge is 2.12. The molecule has 0 saturated carbocycles. The minimum Gasteiger partial charge on any atom is -0.143 e. The Hall–Kier alpha value is 0.360. The largest absolute Gasteiger partial charge is 0.143 e. The lowest BCUT2D eigenvalue weighted by atomic mass is 10.0. The molecule has 2 aromatic rings. The molecule has 2 rings (SSSR count). The Morgan fingerprint density at radius 1 is 0.583 bits per heavy atom. The van der Waals surface area contributed by atoms with E-state index in [1.807, 2.05) is 22.7 Å². The molecular formula is C20H28Br2S2. The van der Waals surface area contributed by atoms with Crippen LogP contribution in [0.5, 0.6) is 0 Å². The number of hydrogen-bond acceptors (Lipinski definition) is 2. The summed E-state index contributed by atoms with van der Waals surface area (Å²) >= 11 is 10.9. The zero-order valence-corrected chi connectivity index (χ0v) is 19.2. The minimum absolute atomic E-state index is 1.14. The molecule has 4 heteroatoms. The number of aryl methyl sites for hydroxylation is 2. The maximum atomic E-state index is 3.52. The second-order valence-electron chi connectivity index (χ2n) is 6.26. The Balaban J connectivity index is 1.88. The van der Waals surface area contributed by atoms with Gasteiger partial charge in [0.25, 0.3) is 0 Å². The van der Waals surface area contributed by atoms with E-state index < -0.39 is 0 Å². The van der Waals surface area contributed by atoms with E-state index in [-0.39, 0.29) is 0 Å². The topological polar surface area (TPSA) is 0 Å². The van der Waals surface area contributed by atoms with Crippen LogP contribution in [-0.4, -0.2) is 10.7 Å². The van der Waals surface area contributed by atoms with Crippen molar-refractivity contribution >= 4 is 54.5 Å². The van der Waals surface area contributed by atoms with Crippen molar-refractivity contribution in [1.29, 1.82) is 0 Å². The van der Waals surface area contributed by atoms with Crippen molar-refractivity contribution in [2.45, 2.75) is 64.2 Å². The Morgan fingerprint density at radius 2 is 1.00 bits per heavy atom. The van der Waals surface area contributed by atoms with Gasteiger partial charge in [0.15, 0.2) is 0 Å². The summed E-state index contributed by atoms with van der Waals surface area (Å²) in [6.45, 7) is 0. The molecule has 24 heavy (non-hydrogen) atoms. The summed E-state index contributed by atoms with van der Waals surface area (Å²) in [6, 6.07) is 4.70. The average molecular weight is 492 g/mol. The number of halogens is 2. The van der Waals surface area contributed by atoms with E-state index in [0.717, 1.165) is 10.7 Å². The summed E-state index contributed by atoms with van der Waals surface area (Å²) in [5.74, 6) is 0. The highest BCUT2D eigenvalue weighted by Crippen LogP contribution is 2.37. The first-order valence-corrected chi connectivity index (χ1v) is 13.1. The highest BCUT2D eigenvalue weighted by molar-refractivity contribution is 9.09. The van der Waals surface area contributed by atoms with Crippen LogP contribution in [-0.2, 0) is 12.8 Å². The van der Waals surface area contributed by atoms with E-state index >= 15 is 0 Å². The van der Waals surface area contributed by atoms with Crippen molar-refractivity contribution < 1.29 is 0 Å². The van der Waals surface area contributed by atoms with Gasteiger partial charge in [-0.25, -0.2) is 0 Å².